The van der Waals surface area contributed by atoms with Gasteiger partial charge in [-0.25, -0.2) is 4.39 Å². The zero-order valence-corrected chi connectivity index (χ0v) is 15.5. The van der Waals surface area contributed by atoms with Crippen molar-refractivity contribution in [2.75, 3.05) is 38.2 Å². The van der Waals surface area contributed by atoms with Gasteiger partial charge < -0.3 is 19.1 Å². The molecule has 4 rings (SSSR count). The van der Waals surface area contributed by atoms with Crippen LogP contribution in [0.2, 0.25) is 0 Å². The Morgan fingerprint density at radius 2 is 1.71 bits per heavy atom. The summed E-state index contributed by atoms with van der Waals surface area (Å²) >= 11 is 0. The molecule has 7 heteroatoms. The Hall–Kier alpha value is -3.35. The van der Waals surface area contributed by atoms with Gasteiger partial charge in [-0.3, -0.25) is 4.79 Å². The molecule has 0 spiro atoms. The number of hydrogen-bond donors (Lipinski definition) is 0. The van der Waals surface area contributed by atoms with Gasteiger partial charge in [0.05, 0.1) is 7.11 Å². The molecule has 0 N–H and O–H groups in total. The molecule has 0 unspecified atom stereocenters. The predicted molar refractivity (Wildman–Crippen MR) is 103 cm³/mol. The van der Waals surface area contributed by atoms with Crippen LogP contribution in [0.3, 0.4) is 0 Å². The van der Waals surface area contributed by atoms with Gasteiger partial charge in [0.1, 0.15) is 11.6 Å². The predicted octanol–water partition coefficient (Wildman–Crippen LogP) is 3.45. The molecule has 1 fully saturated rings. The Morgan fingerprint density at radius 3 is 2.36 bits per heavy atom. The summed E-state index contributed by atoms with van der Waals surface area (Å²) in [5.74, 6) is 0.779. The van der Waals surface area contributed by atoms with Gasteiger partial charge in [0, 0.05) is 43.5 Å². The zero-order valence-electron chi connectivity index (χ0n) is 15.5. The maximum Gasteiger partial charge on any atom is 0.276 e. The average molecular weight is 381 g/mol. The van der Waals surface area contributed by atoms with Crippen molar-refractivity contribution in [2.24, 2.45) is 0 Å². The number of carbonyl (C=O) groups is 1. The molecular formula is C21H20FN3O3. The van der Waals surface area contributed by atoms with Crippen molar-refractivity contribution < 1.29 is 18.4 Å². The van der Waals surface area contributed by atoms with Gasteiger partial charge in [-0.15, -0.1) is 0 Å². The first-order valence-electron chi connectivity index (χ1n) is 9.05. The lowest BCUT2D eigenvalue weighted by Crippen LogP contribution is -2.48. The number of hydrogen-bond acceptors (Lipinski definition) is 5. The second-order valence-corrected chi connectivity index (χ2v) is 6.56. The molecule has 2 heterocycles. The van der Waals surface area contributed by atoms with Crippen LogP contribution in [0.15, 0.2) is 59.1 Å². The first-order chi connectivity index (χ1) is 13.6. The van der Waals surface area contributed by atoms with E-state index in [1.54, 1.807) is 30.2 Å². The topological polar surface area (TPSA) is 58.8 Å². The van der Waals surface area contributed by atoms with Crippen LogP contribution >= 0.6 is 0 Å². The van der Waals surface area contributed by atoms with Gasteiger partial charge in [-0.2, -0.15) is 0 Å². The zero-order chi connectivity index (χ0) is 19.5. The van der Waals surface area contributed by atoms with Gasteiger partial charge in [0.25, 0.3) is 5.91 Å². The van der Waals surface area contributed by atoms with Crippen LogP contribution in [-0.4, -0.2) is 49.3 Å². The normalized spacial score (nSPS) is 14.2. The first kappa shape index (κ1) is 18.0. The number of piperazine rings is 1. The molecule has 1 saturated heterocycles. The van der Waals surface area contributed by atoms with Crippen molar-refractivity contribution in [1.82, 2.24) is 10.1 Å². The van der Waals surface area contributed by atoms with Crippen LogP contribution in [0.1, 0.15) is 10.5 Å². The molecule has 28 heavy (non-hydrogen) atoms. The van der Waals surface area contributed by atoms with Crippen molar-refractivity contribution in [3.63, 3.8) is 0 Å². The van der Waals surface area contributed by atoms with E-state index in [2.05, 4.69) is 10.1 Å². The maximum absolute atomic E-state index is 13.1. The van der Waals surface area contributed by atoms with Gasteiger partial charge in [0.15, 0.2) is 11.5 Å². The molecule has 1 amide bonds. The molecule has 0 radical (unpaired) electrons. The summed E-state index contributed by atoms with van der Waals surface area (Å²) in [6, 6.07) is 15.4. The molecular weight excluding hydrogens is 361 g/mol. The van der Waals surface area contributed by atoms with Gasteiger partial charge in [-0.05, 0) is 48.5 Å². The molecule has 144 valence electrons. The molecule has 1 aliphatic heterocycles. The highest BCUT2D eigenvalue weighted by Crippen LogP contribution is 2.23. The molecule has 0 aliphatic carbocycles. The standard InChI is InChI=1S/C21H20FN3O3/c1-27-18-8-6-17(7-9-18)24-10-12-25(13-11-24)21(26)19-14-20(28-23-19)15-2-4-16(22)5-3-15/h2-9,14H,10-13H2,1H3. The van der Waals surface area contributed by atoms with Crippen molar-refractivity contribution in [3.8, 4) is 17.1 Å². The van der Waals surface area contributed by atoms with Crippen LogP contribution in [0, 0.1) is 5.82 Å². The fourth-order valence-corrected chi connectivity index (χ4v) is 3.25. The maximum atomic E-state index is 13.1. The van der Waals surface area contributed by atoms with Crippen LogP contribution < -0.4 is 9.64 Å². The lowest BCUT2D eigenvalue weighted by Gasteiger charge is -2.35. The fourth-order valence-electron chi connectivity index (χ4n) is 3.25. The fraction of sp³-hybridized carbons (Fsp3) is 0.238. The molecule has 2 aromatic carbocycles. The summed E-state index contributed by atoms with van der Waals surface area (Å²) in [6.07, 6.45) is 0. The second-order valence-electron chi connectivity index (χ2n) is 6.56. The summed E-state index contributed by atoms with van der Waals surface area (Å²) in [6.45, 7) is 2.68. The highest BCUT2D eigenvalue weighted by Gasteiger charge is 2.25. The third-order valence-corrected chi connectivity index (χ3v) is 4.86. The lowest BCUT2D eigenvalue weighted by atomic mass is 10.1. The van der Waals surface area contributed by atoms with Crippen molar-refractivity contribution >= 4 is 11.6 Å². The number of benzene rings is 2. The van der Waals surface area contributed by atoms with E-state index in [0.717, 1.165) is 24.5 Å². The Bertz CT molecular complexity index is 946. The molecule has 3 aromatic rings. The number of nitrogens with zero attached hydrogens (tertiary/aromatic N) is 3. The largest absolute Gasteiger partial charge is 0.497 e. The summed E-state index contributed by atoms with van der Waals surface area (Å²) < 4.78 is 23.5. The third-order valence-electron chi connectivity index (χ3n) is 4.86. The number of carbonyl (C=O) groups excluding carboxylic acids is 1. The summed E-state index contributed by atoms with van der Waals surface area (Å²) in [5.41, 5.74) is 2.04. The minimum Gasteiger partial charge on any atom is -0.497 e. The molecule has 0 atom stereocenters. The monoisotopic (exact) mass is 381 g/mol. The summed E-state index contributed by atoms with van der Waals surface area (Å²) in [5, 5.41) is 3.90. The van der Waals surface area contributed by atoms with E-state index in [9.17, 15) is 9.18 Å². The van der Waals surface area contributed by atoms with Gasteiger partial charge >= 0.3 is 0 Å². The number of methoxy groups -OCH3 is 1. The smallest absolute Gasteiger partial charge is 0.276 e. The van der Waals surface area contributed by atoms with Gasteiger partial charge in [0.2, 0.25) is 0 Å². The number of anilines is 1. The van der Waals surface area contributed by atoms with Crippen molar-refractivity contribution in [3.05, 3.63) is 66.1 Å². The van der Waals surface area contributed by atoms with E-state index >= 15 is 0 Å². The van der Waals surface area contributed by atoms with E-state index in [-0.39, 0.29) is 17.4 Å². The first-order valence-corrected chi connectivity index (χ1v) is 9.05. The Balaban J connectivity index is 1.39. The van der Waals surface area contributed by atoms with Crippen LogP contribution in [0.5, 0.6) is 5.75 Å². The summed E-state index contributed by atoms with van der Waals surface area (Å²) in [4.78, 5) is 16.7. The molecule has 0 bridgehead atoms. The second kappa shape index (κ2) is 7.72. The molecule has 0 saturated carbocycles. The SMILES string of the molecule is COc1ccc(N2CCN(C(=O)c3cc(-c4ccc(F)cc4)on3)CC2)cc1. The van der Waals surface area contributed by atoms with Crippen LogP contribution in [0.4, 0.5) is 10.1 Å². The third kappa shape index (κ3) is 3.69. The molecule has 1 aliphatic rings. The summed E-state index contributed by atoms with van der Waals surface area (Å²) in [7, 11) is 1.64. The number of aromatic nitrogens is 1. The average Bonchev–Trinajstić information content (AvgIpc) is 3.24. The Labute approximate surface area is 162 Å². The molecule has 1 aromatic heterocycles. The quantitative estimate of drug-likeness (QED) is 0.693. The van der Waals surface area contributed by atoms with Crippen LogP contribution in [0.25, 0.3) is 11.3 Å². The minimum atomic E-state index is -0.325. The van der Waals surface area contributed by atoms with Crippen molar-refractivity contribution in [1.29, 1.82) is 0 Å². The van der Waals surface area contributed by atoms with E-state index in [1.807, 2.05) is 24.3 Å². The lowest BCUT2D eigenvalue weighted by molar-refractivity contribution is 0.0736. The number of amides is 1. The Kier molecular flexibility index (Phi) is 4.97. The van der Waals surface area contributed by atoms with E-state index < -0.39 is 0 Å². The van der Waals surface area contributed by atoms with Crippen molar-refractivity contribution in [2.45, 2.75) is 0 Å². The van der Waals surface area contributed by atoms with Gasteiger partial charge in [-0.1, -0.05) is 5.16 Å². The highest BCUT2D eigenvalue weighted by molar-refractivity contribution is 5.93. The number of ether oxygens (including phenoxy) is 1. The minimum absolute atomic E-state index is 0.161. The van der Waals surface area contributed by atoms with Crippen LogP contribution in [-0.2, 0) is 0 Å². The van der Waals surface area contributed by atoms with E-state index in [1.165, 1.54) is 12.1 Å². The number of halogens is 1. The van der Waals surface area contributed by atoms with E-state index in [0.29, 0.717) is 24.4 Å². The molecule has 6 nitrogen and oxygen atoms in total. The Morgan fingerprint density at radius 1 is 1.04 bits per heavy atom. The van der Waals surface area contributed by atoms with E-state index in [4.69, 9.17) is 9.26 Å². The highest BCUT2D eigenvalue weighted by atomic mass is 19.1. The number of rotatable bonds is 4.